The molecule has 2 N–H and O–H groups in total. The summed E-state index contributed by atoms with van der Waals surface area (Å²) in [6.45, 7) is 0. The van der Waals surface area contributed by atoms with Crippen LogP contribution in [-0.4, -0.2) is 4.98 Å². The molecule has 4 heteroatoms. The summed E-state index contributed by atoms with van der Waals surface area (Å²) < 4.78 is 0. The average Bonchev–Trinajstić information content (AvgIpc) is 3.15. The van der Waals surface area contributed by atoms with Crippen LogP contribution in [-0.2, 0) is 6.42 Å². The van der Waals surface area contributed by atoms with E-state index >= 15 is 0 Å². The normalized spacial score (nSPS) is 13.2. The van der Waals surface area contributed by atoms with Gasteiger partial charge >= 0.3 is 0 Å². The van der Waals surface area contributed by atoms with Crippen molar-refractivity contribution in [1.29, 1.82) is 0 Å². The van der Waals surface area contributed by atoms with Gasteiger partial charge in [0.15, 0.2) is 0 Å². The number of anilines is 1. The quantitative estimate of drug-likeness (QED) is 0.110. The molecule has 48 heavy (non-hydrogen) atoms. The monoisotopic (exact) mass is 618 g/mol. The molecule has 7 aromatic rings. The second-order valence-electron chi connectivity index (χ2n) is 12.2. The third-order valence-corrected chi connectivity index (χ3v) is 9.19. The minimum atomic E-state index is 0.609. The topological polar surface area (TPSA) is 63.6 Å². The highest BCUT2D eigenvalue weighted by Gasteiger charge is 2.15. The molecule has 0 spiro atoms. The van der Waals surface area contributed by atoms with Gasteiger partial charge in [0.05, 0.1) is 11.4 Å². The van der Waals surface area contributed by atoms with Crippen molar-refractivity contribution >= 4 is 38.5 Å². The molecule has 1 aromatic heterocycles. The summed E-state index contributed by atoms with van der Waals surface area (Å²) in [6.07, 6.45) is 10.6. The predicted molar refractivity (Wildman–Crippen MR) is 200 cm³/mol. The average molecular weight is 619 g/mol. The SMILES string of the molecule is Nc1ccc(-c2ccc(Cc3c4ccccc4c(-c4ccccc4)c4ccccc34)cc2)cc1N=NC1=CC(c2ccncc2)=CCC1. The predicted octanol–water partition coefficient (Wildman–Crippen LogP) is 11.7. The van der Waals surface area contributed by atoms with Gasteiger partial charge in [-0.3, -0.25) is 4.98 Å². The van der Waals surface area contributed by atoms with Crippen LogP contribution < -0.4 is 5.73 Å². The Labute approximate surface area is 280 Å². The van der Waals surface area contributed by atoms with E-state index in [4.69, 9.17) is 5.73 Å². The Bertz CT molecular complexity index is 2300. The number of fused-ring (bicyclic) bond motifs is 2. The van der Waals surface area contributed by atoms with Gasteiger partial charge in [0, 0.05) is 12.4 Å². The van der Waals surface area contributed by atoms with Crippen LogP contribution in [0.25, 0.3) is 49.4 Å². The Morgan fingerprint density at radius 1 is 0.583 bits per heavy atom. The maximum Gasteiger partial charge on any atom is 0.109 e. The molecule has 1 heterocycles. The zero-order valence-electron chi connectivity index (χ0n) is 26.6. The van der Waals surface area contributed by atoms with E-state index in [1.807, 2.05) is 36.7 Å². The lowest BCUT2D eigenvalue weighted by Gasteiger charge is -2.17. The molecule has 0 saturated heterocycles. The second kappa shape index (κ2) is 12.9. The summed E-state index contributed by atoms with van der Waals surface area (Å²) in [5.41, 5.74) is 18.2. The molecule has 0 radical (unpaired) electrons. The fourth-order valence-corrected chi connectivity index (χ4v) is 6.78. The molecule has 0 saturated carbocycles. The molecule has 0 unspecified atom stereocenters. The fourth-order valence-electron chi connectivity index (χ4n) is 6.78. The van der Waals surface area contributed by atoms with E-state index in [-0.39, 0.29) is 0 Å². The minimum Gasteiger partial charge on any atom is -0.397 e. The molecular formula is C44H34N4. The summed E-state index contributed by atoms with van der Waals surface area (Å²) in [4.78, 5) is 4.13. The van der Waals surface area contributed by atoms with Gasteiger partial charge in [0.1, 0.15) is 5.69 Å². The van der Waals surface area contributed by atoms with Crippen molar-refractivity contribution in [3.63, 3.8) is 0 Å². The number of benzene rings is 6. The van der Waals surface area contributed by atoms with Gasteiger partial charge in [-0.25, -0.2) is 0 Å². The van der Waals surface area contributed by atoms with E-state index in [9.17, 15) is 0 Å². The lowest BCUT2D eigenvalue weighted by molar-refractivity contribution is 0.915. The van der Waals surface area contributed by atoms with E-state index in [1.165, 1.54) is 43.8 Å². The zero-order chi connectivity index (χ0) is 32.3. The van der Waals surface area contributed by atoms with Crippen molar-refractivity contribution in [3.05, 3.63) is 180 Å². The number of allylic oxidation sites excluding steroid dienone is 4. The first-order chi connectivity index (χ1) is 23.7. The van der Waals surface area contributed by atoms with E-state index < -0.39 is 0 Å². The number of hydrogen-bond acceptors (Lipinski definition) is 4. The number of aromatic nitrogens is 1. The highest BCUT2D eigenvalue weighted by molar-refractivity contribution is 6.15. The van der Waals surface area contributed by atoms with Crippen LogP contribution in [0.1, 0.15) is 29.5 Å². The minimum absolute atomic E-state index is 0.609. The first kappa shape index (κ1) is 29.3. The molecule has 0 amide bonds. The van der Waals surface area contributed by atoms with Gasteiger partial charge in [-0.1, -0.05) is 115 Å². The Balaban J connectivity index is 1.08. The molecule has 1 aliphatic rings. The molecule has 230 valence electrons. The summed E-state index contributed by atoms with van der Waals surface area (Å²) in [6, 6.07) is 47.3. The van der Waals surface area contributed by atoms with Gasteiger partial charge in [0.25, 0.3) is 0 Å². The van der Waals surface area contributed by atoms with E-state index in [1.54, 1.807) is 0 Å². The van der Waals surface area contributed by atoms with Gasteiger partial charge in [-0.05, 0) is 116 Å². The molecule has 0 atom stereocenters. The van der Waals surface area contributed by atoms with Crippen molar-refractivity contribution < 1.29 is 0 Å². The molecule has 1 aliphatic carbocycles. The summed E-state index contributed by atoms with van der Waals surface area (Å²) in [5, 5.41) is 14.4. The molecule has 0 fully saturated rings. The number of rotatable bonds is 7. The zero-order valence-corrected chi connectivity index (χ0v) is 26.6. The van der Waals surface area contributed by atoms with Crippen molar-refractivity contribution in [2.45, 2.75) is 19.3 Å². The van der Waals surface area contributed by atoms with Crippen molar-refractivity contribution in [3.8, 4) is 22.3 Å². The van der Waals surface area contributed by atoms with Crippen LogP contribution in [0.5, 0.6) is 0 Å². The van der Waals surface area contributed by atoms with Crippen LogP contribution in [0.2, 0.25) is 0 Å². The van der Waals surface area contributed by atoms with Crippen molar-refractivity contribution in [2.75, 3.05) is 5.73 Å². The highest BCUT2D eigenvalue weighted by atomic mass is 15.1. The van der Waals surface area contributed by atoms with Crippen LogP contribution in [0.3, 0.4) is 0 Å². The molecule has 6 aromatic carbocycles. The third-order valence-electron chi connectivity index (χ3n) is 9.19. The number of pyridine rings is 1. The largest absolute Gasteiger partial charge is 0.397 e. The van der Waals surface area contributed by atoms with Gasteiger partial charge in [-0.2, -0.15) is 5.11 Å². The van der Waals surface area contributed by atoms with Crippen LogP contribution in [0, 0.1) is 0 Å². The number of nitrogens with two attached hydrogens (primary N) is 1. The van der Waals surface area contributed by atoms with E-state index in [2.05, 4.69) is 137 Å². The highest BCUT2D eigenvalue weighted by Crippen LogP contribution is 2.40. The first-order valence-electron chi connectivity index (χ1n) is 16.4. The summed E-state index contributed by atoms with van der Waals surface area (Å²) in [7, 11) is 0. The number of nitrogen functional groups attached to an aromatic ring is 1. The summed E-state index contributed by atoms with van der Waals surface area (Å²) in [5.74, 6) is 0. The lowest BCUT2D eigenvalue weighted by Crippen LogP contribution is -1.95. The molecule has 4 nitrogen and oxygen atoms in total. The number of nitrogens with zero attached hydrogens (tertiary/aromatic N) is 3. The standard InChI is InChI=1S/C44H34N4/c45-42-22-21-35(29-43(42)48-47-36-12-8-11-34(28-36)32-23-25-46-26-24-32)31-19-17-30(18-20-31)27-41-37-13-4-6-15-39(37)44(33-9-2-1-3-10-33)40-16-7-5-14-38(40)41/h1-7,9-11,13-26,28-29H,8,12,27,45H2. The fraction of sp³-hybridized carbons (Fsp3) is 0.0682. The van der Waals surface area contributed by atoms with Crippen LogP contribution in [0.4, 0.5) is 11.4 Å². The summed E-state index contributed by atoms with van der Waals surface area (Å²) >= 11 is 0. The number of azo groups is 1. The Kier molecular flexibility index (Phi) is 7.89. The smallest absolute Gasteiger partial charge is 0.109 e. The molecule has 8 rings (SSSR count). The van der Waals surface area contributed by atoms with Crippen LogP contribution >= 0.6 is 0 Å². The lowest BCUT2D eigenvalue weighted by atomic mass is 9.86. The van der Waals surface area contributed by atoms with Gasteiger partial charge < -0.3 is 5.73 Å². The molecule has 0 bridgehead atoms. The number of hydrogen-bond donors (Lipinski definition) is 1. The van der Waals surface area contributed by atoms with Crippen molar-refractivity contribution in [2.24, 2.45) is 10.2 Å². The second-order valence-corrected chi connectivity index (χ2v) is 12.2. The van der Waals surface area contributed by atoms with Crippen molar-refractivity contribution in [1.82, 2.24) is 4.98 Å². The Hall–Kier alpha value is -6.13. The van der Waals surface area contributed by atoms with E-state index in [0.29, 0.717) is 11.4 Å². The molecule has 0 aliphatic heterocycles. The van der Waals surface area contributed by atoms with Gasteiger partial charge in [-0.15, -0.1) is 5.11 Å². The molecular weight excluding hydrogens is 585 g/mol. The first-order valence-corrected chi connectivity index (χ1v) is 16.4. The maximum absolute atomic E-state index is 6.36. The Morgan fingerprint density at radius 3 is 1.94 bits per heavy atom. The van der Waals surface area contributed by atoms with E-state index in [0.717, 1.165) is 47.2 Å². The van der Waals surface area contributed by atoms with Crippen LogP contribution in [0.15, 0.2) is 174 Å². The Morgan fingerprint density at radius 2 is 1.23 bits per heavy atom. The maximum atomic E-state index is 6.36. The third kappa shape index (κ3) is 5.80. The van der Waals surface area contributed by atoms with Gasteiger partial charge in [0.2, 0.25) is 0 Å².